The molecule has 1 aromatic rings. The van der Waals surface area contributed by atoms with Gasteiger partial charge in [-0.05, 0) is 12.1 Å². The van der Waals surface area contributed by atoms with Gasteiger partial charge in [-0.25, -0.2) is 8.42 Å². The lowest BCUT2D eigenvalue weighted by Gasteiger charge is -2.22. The maximum Gasteiger partial charge on any atom is 0.390 e. The lowest BCUT2D eigenvalue weighted by molar-refractivity contribution is -0.144. The molecule has 0 spiro atoms. The van der Waals surface area contributed by atoms with Crippen molar-refractivity contribution in [2.75, 3.05) is 27.2 Å². The largest absolute Gasteiger partial charge is 0.390 e. The standard InChI is InChI=1S/C12H16F3N3O3S/c1-17(7-5-12(13,14)15)11(19)9-18(2)22(20,21)10-4-3-6-16-8-10/h3-4,6,8H,5,7,9H2,1-2H3. The number of nitrogens with zero attached hydrogens (tertiary/aromatic N) is 3. The Labute approximate surface area is 126 Å². The van der Waals surface area contributed by atoms with Crippen LogP contribution in [0.4, 0.5) is 13.2 Å². The number of hydrogen-bond donors (Lipinski definition) is 0. The minimum atomic E-state index is -4.37. The number of likely N-dealkylation sites (N-methyl/N-ethyl adjacent to an activating group) is 2. The number of alkyl halides is 3. The highest BCUT2D eigenvalue weighted by Gasteiger charge is 2.29. The second kappa shape index (κ2) is 7.05. The first kappa shape index (κ1) is 18.4. The number of halogens is 3. The van der Waals surface area contributed by atoms with Crippen molar-refractivity contribution >= 4 is 15.9 Å². The molecule has 0 atom stereocenters. The van der Waals surface area contributed by atoms with Crippen LogP contribution < -0.4 is 0 Å². The van der Waals surface area contributed by atoms with Crippen LogP contribution in [0.5, 0.6) is 0 Å². The van der Waals surface area contributed by atoms with Crippen LogP contribution >= 0.6 is 0 Å². The third-order valence-electron chi connectivity index (χ3n) is 2.86. The van der Waals surface area contributed by atoms with Gasteiger partial charge in [0.05, 0.1) is 13.0 Å². The van der Waals surface area contributed by atoms with Crippen LogP contribution in [0.1, 0.15) is 6.42 Å². The van der Waals surface area contributed by atoms with Crippen molar-refractivity contribution in [3.8, 4) is 0 Å². The Balaban J connectivity index is 2.68. The van der Waals surface area contributed by atoms with Crippen LogP contribution in [0.15, 0.2) is 29.4 Å². The lowest BCUT2D eigenvalue weighted by atomic mass is 10.4. The minimum Gasteiger partial charge on any atom is -0.344 e. The quantitative estimate of drug-likeness (QED) is 0.778. The predicted octanol–water partition coefficient (Wildman–Crippen LogP) is 1.11. The second-order valence-electron chi connectivity index (χ2n) is 4.63. The zero-order chi connectivity index (χ0) is 17.0. The number of carbonyl (C=O) groups is 1. The molecular weight excluding hydrogens is 323 g/mol. The van der Waals surface area contributed by atoms with Crippen LogP contribution in [-0.4, -0.2) is 61.9 Å². The first-order chi connectivity index (χ1) is 10.0. The van der Waals surface area contributed by atoms with Gasteiger partial charge in [-0.1, -0.05) is 0 Å². The predicted molar refractivity (Wildman–Crippen MR) is 72.4 cm³/mol. The van der Waals surface area contributed by atoms with Gasteiger partial charge < -0.3 is 4.90 Å². The van der Waals surface area contributed by atoms with Crippen LogP contribution in [0.3, 0.4) is 0 Å². The molecule has 1 amide bonds. The number of pyridine rings is 1. The molecule has 0 saturated heterocycles. The highest BCUT2D eigenvalue weighted by atomic mass is 32.2. The number of carbonyl (C=O) groups excluding carboxylic acids is 1. The van der Waals surface area contributed by atoms with Gasteiger partial charge in [0.1, 0.15) is 4.90 Å². The Hall–Kier alpha value is -1.68. The molecule has 0 radical (unpaired) electrons. The smallest absolute Gasteiger partial charge is 0.344 e. The summed E-state index contributed by atoms with van der Waals surface area (Å²) in [6.07, 6.45) is -2.99. The van der Waals surface area contributed by atoms with E-state index >= 15 is 0 Å². The van der Waals surface area contributed by atoms with E-state index in [1.165, 1.54) is 32.4 Å². The molecule has 6 nitrogen and oxygen atoms in total. The Bertz CT molecular complexity index is 605. The summed E-state index contributed by atoms with van der Waals surface area (Å²) < 4.78 is 61.4. The van der Waals surface area contributed by atoms with Gasteiger partial charge >= 0.3 is 6.18 Å². The number of rotatable bonds is 6. The molecule has 0 aliphatic rings. The Morgan fingerprint density at radius 2 is 1.95 bits per heavy atom. The molecule has 124 valence electrons. The number of sulfonamides is 1. The van der Waals surface area contributed by atoms with Crippen molar-refractivity contribution < 1.29 is 26.4 Å². The van der Waals surface area contributed by atoms with Crippen LogP contribution in [0, 0.1) is 0 Å². The Kier molecular flexibility index (Phi) is 5.89. The van der Waals surface area contributed by atoms with Gasteiger partial charge in [0.25, 0.3) is 0 Å². The van der Waals surface area contributed by atoms with Gasteiger partial charge in [-0.3, -0.25) is 9.78 Å². The number of amides is 1. The zero-order valence-electron chi connectivity index (χ0n) is 12.0. The first-order valence-corrected chi connectivity index (χ1v) is 7.65. The molecule has 10 heteroatoms. The Morgan fingerprint density at radius 1 is 1.32 bits per heavy atom. The summed E-state index contributed by atoms with van der Waals surface area (Å²) in [5.41, 5.74) is 0. The van der Waals surface area contributed by atoms with Crippen molar-refractivity contribution in [3.05, 3.63) is 24.5 Å². The lowest BCUT2D eigenvalue weighted by Crippen LogP contribution is -2.40. The summed E-state index contributed by atoms with van der Waals surface area (Å²) in [7, 11) is -1.54. The zero-order valence-corrected chi connectivity index (χ0v) is 12.9. The Morgan fingerprint density at radius 3 is 2.45 bits per heavy atom. The molecule has 0 unspecified atom stereocenters. The van der Waals surface area contributed by atoms with E-state index in [0.29, 0.717) is 0 Å². The van der Waals surface area contributed by atoms with E-state index in [0.717, 1.165) is 15.4 Å². The van der Waals surface area contributed by atoms with Crippen LogP contribution in [0.2, 0.25) is 0 Å². The summed E-state index contributed by atoms with van der Waals surface area (Å²) in [5, 5.41) is 0. The summed E-state index contributed by atoms with van der Waals surface area (Å²) in [5.74, 6) is -0.723. The molecule has 1 heterocycles. The van der Waals surface area contributed by atoms with Gasteiger partial charge in [0, 0.05) is 33.0 Å². The van der Waals surface area contributed by atoms with E-state index in [-0.39, 0.29) is 4.90 Å². The van der Waals surface area contributed by atoms with E-state index < -0.39 is 41.6 Å². The highest BCUT2D eigenvalue weighted by Crippen LogP contribution is 2.19. The molecule has 0 aromatic carbocycles. The molecule has 0 N–H and O–H groups in total. The van der Waals surface area contributed by atoms with Crippen molar-refractivity contribution in [2.45, 2.75) is 17.5 Å². The minimum absolute atomic E-state index is 0.0942. The third-order valence-corrected chi connectivity index (χ3v) is 4.64. The fraction of sp³-hybridized carbons (Fsp3) is 0.500. The molecule has 1 aromatic heterocycles. The van der Waals surface area contributed by atoms with E-state index in [4.69, 9.17) is 0 Å². The van der Waals surface area contributed by atoms with E-state index in [1.54, 1.807) is 0 Å². The van der Waals surface area contributed by atoms with Gasteiger partial charge in [0.15, 0.2) is 0 Å². The summed E-state index contributed by atoms with van der Waals surface area (Å²) in [6, 6.07) is 2.74. The number of aromatic nitrogens is 1. The average Bonchev–Trinajstić information content (AvgIpc) is 2.44. The van der Waals surface area contributed by atoms with Crippen LogP contribution in [-0.2, 0) is 14.8 Å². The van der Waals surface area contributed by atoms with E-state index in [9.17, 15) is 26.4 Å². The van der Waals surface area contributed by atoms with Crippen molar-refractivity contribution in [2.24, 2.45) is 0 Å². The normalized spacial score (nSPS) is 12.5. The van der Waals surface area contributed by atoms with E-state index in [2.05, 4.69) is 4.98 Å². The summed E-state index contributed by atoms with van der Waals surface area (Å²) >= 11 is 0. The molecule has 0 aliphatic heterocycles. The van der Waals surface area contributed by atoms with Crippen molar-refractivity contribution in [3.63, 3.8) is 0 Å². The molecule has 1 rings (SSSR count). The fourth-order valence-electron chi connectivity index (χ4n) is 1.49. The summed E-state index contributed by atoms with van der Waals surface area (Å²) in [6.45, 7) is -1.07. The van der Waals surface area contributed by atoms with Gasteiger partial charge in [-0.2, -0.15) is 17.5 Å². The topological polar surface area (TPSA) is 70.6 Å². The van der Waals surface area contributed by atoms with Gasteiger partial charge in [0.2, 0.25) is 15.9 Å². The van der Waals surface area contributed by atoms with E-state index in [1.807, 2.05) is 0 Å². The monoisotopic (exact) mass is 339 g/mol. The maximum atomic E-state index is 12.1. The van der Waals surface area contributed by atoms with Crippen molar-refractivity contribution in [1.82, 2.24) is 14.2 Å². The fourth-order valence-corrected chi connectivity index (χ4v) is 2.58. The molecule has 22 heavy (non-hydrogen) atoms. The summed E-state index contributed by atoms with van der Waals surface area (Å²) in [4.78, 5) is 16.2. The molecule has 0 bridgehead atoms. The maximum absolute atomic E-state index is 12.1. The molecular formula is C12H16F3N3O3S. The second-order valence-corrected chi connectivity index (χ2v) is 6.68. The average molecular weight is 339 g/mol. The van der Waals surface area contributed by atoms with Crippen molar-refractivity contribution in [1.29, 1.82) is 0 Å². The van der Waals surface area contributed by atoms with Gasteiger partial charge in [-0.15, -0.1) is 0 Å². The third kappa shape index (κ3) is 5.26. The SMILES string of the molecule is CN(CCC(F)(F)F)C(=O)CN(C)S(=O)(=O)c1cccnc1. The first-order valence-electron chi connectivity index (χ1n) is 6.21. The number of hydrogen-bond acceptors (Lipinski definition) is 4. The van der Waals surface area contributed by atoms with Crippen LogP contribution in [0.25, 0.3) is 0 Å². The molecule has 0 fully saturated rings. The highest BCUT2D eigenvalue weighted by molar-refractivity contribution is 7.89. The molecule has 0 saturated carbocycles. The molecule has 0 aliphatic carbocycles.